The first kappa shape index (κ1) is 15.0. The van der Waals surface area contributed by atoms with Gasteiger partial charge in [0.25, 0.3) is 0 Å². The van der Waals surface area contributed by atoms with Crippen molar-refractivity contribution in [1.82, 2.24) is 4.90 Å². The molecule has 1 aliphatic heterocycles. The summed E-state index contributed by atoms with van der Waals surface area (Å²) in [6.07, 6.45) is 3.91. The van der Waals surface area contributed by atoms with Crippen LogP contribution in [0.4, 0.5) is 0 Å². The Morgan fingerprint density at radius 1 is 1.06 bits per heavy atom. The average Bonchev–Trinajstić information content (AvgIpc) is 2.74. The van der Waals surface area contributed by atoms with Crippen LogP contribution in [0.2, 0.25) is 0 Å². The van der Waals surface area contributed by atoms with E-state index in [2.05, 4.69) is 32.6 Å². The predicted molar refractivity (Wildman–Crippen MR) is 74.3 cm³/mol. The van der Waals surface area contributed by atoms with Gasteiger partial charge in [-0.3, -0.25) is 0 Å². The first-order valence-corrected chi connectivity index (χ1v) is 7.38. The van der Waals surface area contributed by atoms with E-state index in [0.717, 1.165) is 31.0 Å². The summed E-state index contributed by atoms with van der Waals surface area (Å²) in [7, 11) is 0. The molecule has 0 spiro atoms. The van der Waals surface area contributed by atoms with E-state index in [1.807, 2.05) is 0 Å². The molecule has 0 saturated carbocycles. The first-order chi connectivity index (χ1) is 8.08. The summed E-state index contributed by atoms with van der Waals surface area (Å²) in [5, 5.41) is 0. The summed E-state index contributed by atoms with van der Waals surface area (Å²) in [6, 6.07) is 0. The Morgan fingerprint density at radius 3 is 2.06 bits per heavy atom. The van der Waals surface area contributed by atoms with Crippen molar-refractivity contribution >= 4 is 0 Å². The van der Waals surface area contributed by atoms with Crippen LogP contribution in [0, 0.1) is 17.8 Å². The van der Waals surface area contributed by atoms with Gasteiger partial charge in [0, 0.05) is 13.2 Å². The Balaban J connectivity index is 2.28. The Labute approximate surface area is 108 Å². The van der Waals surface area contributed by atoms with E-state index in [-0.39, 0.29) is 0 Å². The molecule has 2 nitrogen and oxygen atoms in total. The molecule has 0 amide bonds. The van der Waals surface area contributed by atoms with Crippen molar-refractivity contribution in [1.29, 1.82) is 0 Å². The smallest absolute Gasteiger partial charge is 0.0507 e. The lowest BCUT2D eigenvalue weighted by Gasteiger charge is -2.26. The minimum absolute atomic E-state index is 0.786. The molecular weight excluding hydrogens is 210 g/mol. The molecule has 102 valence electrons. The quantitative estimate of drug-likeness (QED) is 0.645. The highest BCUT2D eigenvalue weighted by molar-refractivity contribution is 4.70. The first-order valence-electron chi connectivity index (χ1n) is 7.38. The largest absolute Gasteiger partial charge is 0.381 e. The lowest BCUT2D eigenvalue weighted by molar-refractivity contribution is 0.162. The summed E-state index contributed by atoms with van der Waals surface area (Å²) in [5.41, 5.74) is 0. The Hall–Kier alpha value is -0.0800. The van der Waals surface area contributed by atoms with Crippen molar-refractivity contribution in [3.8, 4) is 0 Å². The van der Waals surface area contributed by atoms with Crippen molar-refractivity contribution in [2.45, 2.75) is 47.0 Å². The normalized spacial score (nSPS) is 21.0. The van der Waals surface area contributed by atoms with Crippen molar-refractivity contribution in [2.75, 3.05) is 32.8 Å². The summed E-state index contributed by atoms with van der Waals surface area (Å²) >= 11 is 0. The van der Waals surface area contributed by atoms with Crippen molar-refractivity contribution in [3.05, 3.63) is 0 Å². The van der Waals surface area contributed by atoms with Gasteiger partial charge in [-0.2, -0.15) is 0 Å². The molecule has 1 unspecified atom stereocenters. The Morgan fingerprint density at radius 2 is 1.65 bits per heavy atom. The summed E-state index contributed by atoms with van der Waals surface area (Å²) in [6.45, 7) is 15.0. The molecule has 1 atom stereocenters. The van der Waals surface area contributed by atoms with Crippen LogP contribution in [0.25, 0.3) is 0 Å². The lowest BCUT2D eigenvalue weighted by atomic mass is 10.1. The van der Waals surface area contributed by atoms with Crippen molar-refractivity contribution in [3.63, 3.8) is 0 Å². The van der Waals surface area contributed by atoms with Gasteiger partial charge >= 0.3 is 0 Å². The van der Waals surface area contributed by atoms with Gasteiger partial charge in [0.15, 0.2) is 0 Å². The van der Waals surface area contributed by atoms with Crippen LogP contribution in [0.3, 0.4) is 0 Å². The van der Waals surface area contributed by atoms with Crippen LogP contribution in [0.15, 0.2) is 0 Å². The molecule has 0 aromatic carbocycles. The maximum Gasteiger partial charge on any atom is 0.0507 e. The van der Waals surface area contributed by atoms with E-state index < -0.39 is 0 Å². The fraction of sp³-hybridized carbons (Fsp3) is 1.00. The van der Waals surface area contributed by atoms with Crippen LogP contribution >= 0.6 is 0 Å². The van der Waals surface area contributed by atoms with Gasteiger partial charge < -0.3 is 9.64 Å². The molecule has 0 aliphatic carbocycles. The van der Waals surface area contributed by atoms with E-state index >= 15 is 0 Å². The Bertz CT molecular complexity index is 173. The summed E-state index contributed by atoms with van der Waals surface area (Å²) in [4.78, 5) is 2.67. The minimum atomic E-state index is 0.786. The molecule has 17 heavy (non-hydrogen) atoms. The molecule has 1 fully saturated rings. The zero-order chi connectivity index (χ0) is 12.7. The zero-order valence-electron chi connectivity index (χ0n) is 12.2. The third kappa shape index (κ3) is 7.05. The minimum Gasteiger partial charge on any atom is -0.381 e. The molecule has 1 rings (SSSR count). The molecule has 0 bridgehead atoms. The zero-order valence-corrected chi connectivity index (χ0v) is 12.2. The maximum absolute atomic E-state index is 5.48. The average molecular weight is 241 g/mol. The molecule has 0 radical (unpaired) electrons. The van der Waals surface area contributed by atoms with E-state index in [4.69, 9.17) is 4.74 Å². The molecule has 1 aliphatic rings. The van der Waals surface area contributed by atoms with Gasteiger partial charge in [-0.25, -0.2) is 0 Å². The fourth-order valence-electron chi connectivity index (χ4n) is 2.27. The van der Waals surface area contributed by atoms with Gasteiger partial charge in [-0.05, 0) is 50.1 Å². The highest BCUT2D eigenvalue weighted by Gasteiger charge is 2.19. The van der Waals surface area contributed by atoms with E-state index in [9.17, 15) is 0 Å². The molecule has 0 aromatic rings. The van der Waals surface area contributed by atoms with Crippen LogP contribution in [-0.2, 0) is 4.74 Å². The molecule has 1 saturated heterocycles. The second-order valence-corrected chi connectivity index (χ2v) is 6.40. The number of nitrogens with zero attached hydrogens (tertiary/aromatic N) is 1. The lowest BCUT2D eigenvalue weighted by Crippen LogP contribution is -2.33. The third-order valence-corrected chi connectivity index (χ3v) is 3.59. The van der Waals surface area contributed by atoms with Crippen LogP contribution < -0.4 is 0 Å². The molecule has 0 N–H and O–H groups in total. The van der Waals surface area contributed by atoms with Crippen LogP contribution in [0.1, 0.15) is 47.0 Å². The highest BCUT2D eigenvalue weighted by atomic mass is 16.5. The number of rotatable bonds is 8. The molecular formula is C15H31NO. The molecule has 2 heteroatoms. The van der Waals surface area contributed by atoms with Crippen molar-refractivity contribution < 1.29 is 4.74 Å². The predicted octanol–water partition coefficient (Wildman–Crippen LogP) is 3.42. The summed E-state index contributed by atoms with van der Waals surface area (Å²) in [5.74, 6) is 2.42. The Kier molecular flexibility index (Phi) is 7.14. The van der Waals surface area contributed by atoms with Crippen LogP contribution in [0.5, 0.6) is 0 Å². The maximum atomic E-state index is 5.48. The van der Waals surface area contributed by atoms with E-state index in [0.29, 0.717) is 0 Å². The van der Waals surface area contributed by atoms with Gasteiger partial charge in [0.05, 0.1) is 6.61 Å². The van der Waals surface area contributed by atoms with Crippen LogP contribution in [-0.4, -0.2) is 37.7 Å². The second-order valence-electron chi connectivity index (χ2n) is 6.40. The van der Waals surface area contributed by atoms with Gasteiger partial charge in [-0.15, -0.1) is 0 Å². The number of hydrogen-bond acceptors (Lipinski definition) is 2. The third-order valence-electron chi connectivity index (χ3n) is 3.59. The SMILES string of the molecule is CC(C)CCN(CCC(C)C)CC1CCOC1. The topological polar surface area (TPSA) is 12.5 Å². The molecule has 0 aromatic heterocycles. The van der Waals surface area contributed by atoms with E-state index in [1.165, 1.54) is 38.9 Å². The number of hydrogen-bond donors (Lipinski definition) is 0. The summed E-state index contributed by atoms with van der Waals surface area (Å²) < 4.78 is 5.48. The van der Waals surface area contributed by atoms with Gasteiger partial charge in [0.1, 0.15) is 0 Å². The van der Waals surface area contributed by atoms with Crippen molar-refractivity contribution in [2.24, 2.45) is 17.8 Å². The second kappa shape index (κ2) is 8.10. The standard InChI is InChI=1S/C15H31NO/c1-13(2)5-8-16(9-6-14(3)4)11-15-7-10-17-12-15/h13-15H,5-12H2,1-4H3. The van der Waals surface area contributed by atoms with Gasteiger partial charge in [0.2, 0.25) is 0 Å². The number of ether oxygens (including phenoxy) is 1. The van der Waals surface area contributed by atoms with E-state index in [1.54, 1.807) is 0 Å². The highest BCUT2D eigenvalue weighted by Crippen LogP contribution is 2.16. The molecule has 1 heterocycles. The van der Waals surface area contributed by atoms with Gasteiger partial charge in [-0.1, -0.05) is 27.7 Å². The fourth-order valence-corrected chi connectivity index (χ4v) is 2.27. The monoisotopic (exact) mass is 241 g/mol.